The second-order valence-electron chi connectivity index (χ2n) is 10.5. The summed E-state index contributed by atoms with van der Waals surface area (Å²) < 4.78 is 4.82. The number of benzene rings is 2. The normalized spacial score (nSPS) is 12.1. The van der Waals surface area contributed by atoms with Crippen molar-refractivity contribution in [2.75, 3.05) is 0 Å². The van der Waals surface area contributed by atoms with Crippen LogP contribution in [0.1, 0.15) is 57.7 Å². The van der Waals surface area contributed by atoms with E-state index in [1.807, 2.05) is 35.8 Å². The molecule has 0 aliphatic rings. The molecule has 0 fully saturated rings. The fraction of sp³-hybridized carbons (Fsp3) is 0.393. The van der Waals surface area contributed by atoms with Gasteiger partial charge in [-0.3, -0.25) is 9.36 Å². The minimum absolute atomic E-state index is 0.0774. The van der Waals surface area contributed by atoms with E-state index in [4.69, 9.17) is 0 Å². The van der Waals surface area contributed by atoms with Crippen LogP contribution in [0.3, 0.4) is 0 Å². The SMILES string of the molecule is Cc1ccccc1-n1c(=O)n(CCC(C)C)c(=O)c2c1ncn2Cc1ccc(C(C)(C)C)cc1. The monoisotopic (exact) mass is 458 g/mol. The predicted molar refractivity (Wildman–Crippen MR) is 138 cm³/mol. The van der Waals surface area contributed by atoms with E-state index in [1.165, 1.54) is 10.1 Å². The maximum atomic E-state index is 13.6. The van der Waals surface area contributed by atoms with Crippen LogP contribution in [0.5, 0.6) is 0 Å². The van der Waals surface area contributed by atoms with Gasteiger partial charge in [-0.1, -0.05) is 77.1 Å². The Balaban J connectivity index is 1.89. The van der Waals surface area contributed by atoms with Gasteiger partial charge in [-0.2, -0.15) is 0 Å². The Morgan fingerprint density at radius 3 is 2.26 bits per heavy atom. The molecule has 2 aromatic carbocycles. The number of aromatic nitrogens is 4. The number of imidazole rings is 1. The van der Waals surface area contributed by atoms with E-state index in [0.717, 1.165) is 23.2 Å². The molecule has 0 aliphatic carbocycles. The van der Waals surface area contributed by atoms with Crippen molar-refractivity contribution < 1.29 is 0 Å². The average molecular weight is 459 g/mol. The van der Waals surface area contributed by atoms with Crippen LogP contribution in [-0.2, 0) is 18.5 Å². The van der Waals surface area contributed by atoms with Gasteiger partial charge in [-0.25, -0.2) is 14.3 Å². The van der Waals surface area contributed by atoms with Crippen molar-refractivity contribution in [3.8, 4) is 5.69 Å². The van der Waals surface area contributed by atoms with E-state index in [2.05, 4.69) is 63.9 Å². The van der Waals surface area contributed by atoms with Crippen LogP contribution in [0.4, 0.5) is 0 Å². The molecule has 0 spiro atoms. The van der Waals surface area contributed by atoms with Gasteiger partial charge in [0.2, 0.25) is 0 Å². The van der Waals surface area contributed by atoms with Crippen LogP contribution in [0.15, 0.2) is 64.4 Å². The van der Waals surface area contributed by atoms with Crippen molar-refractivity contribution in [3.05, 3.63) is 92.4 Å². The molecule has 0 bridgehead atoms. The van der Waals surface area contributed by atoms with Gasteiger partial charge in [0, 0.05) is 13.1 Å². The van der Waals surface area contributed by atoms with Crippen molar-refractivity contribution >= 4 is 11.2 Å². The zero-order valence-corrected chi connectivity index (χ0v) is 21.0. The molecule has 4 aromatic rings. The Kier molecular flexibility index (Phi) is 6.34. The molecule has 34 heavy (non-hydrogen) atoms. The lowest BCUT2D eigenvalue weighted by molar-refractivity contribution is 0.491. The number of fused-ring (bicyclic) bond motifs is 1. The fourth-order valence-corrected chi connectivity index (χ4v) is 4.22. The third-order valence-corrected chi connectivity index (χ3v) is 6.36. The Bertz CT molecular complexity index is 1430. The summed E-state index contributed by atoms with van der Waals surface area (Å²) in [5.41, 5.74) is 4.34. The molecule has 2 heterocycles. The summed E-state index contributed by atoms with van der Waals surface area (Å²) >= 11 is 0. The van der Waals surface area contributed by atoms with E-state index in [9.17, 15) is 9.59 Å². The fourth-order valence-electron chi connectivity index (χ4n) is 4.22. The molecule has 178 valence electrons. The summed E-state index contributed by atoms with van der Waals surface area (Å²) in [5.74, 6) is 0.375. The number of nitrogens with zero attached hydrogens (tertiary/aromatic N) is 4. The van der Waals surface area contributed by atoms with E-state index in [-0.39, 0.29) is 16.7 Å². The molecule has 2 aromatic heterocycles. The largest absolute Gasteiger partial charge is 0.337 e. The van der Waals surface area contributed by atoms with Crippen LogP contribution in [0, 0.1) is 12.8 Å². The van der Waals surface area contributed by atoms with Crippen molar-refractivity contribution in [1.29, 1.82) is 0 Å². The second kappa shape index (κ2) is 9.09. The van der Waals surface area contributed by atoms with Gasteiger partial charge in [0.1, 0.15) is 0 Å². The Morgan fingerprint density at radius 2 is 1.65 bits per heavy atom. The van der Waals surface area contributed by atoms with Gasteiger partial charge in [-0.05, 0) is 47.4 Å². The van der Waals surface area contributed by atoms with Crippen molar-refractivity contribution in [2.24, 2.45) is 5.92 Å². The summed E-state index contributed by atoms with van der Waals surface area (Å²) in [6.45, 7) is 13.6. The number of aryl methyl sites for hydroxylation is 1. The highest BCUT2D eigenvalue weighted by Gasteiger charge is 2.20. The van der Waals surface area contributed by atoms with Gasteiger partial charge in [0.05, 0.1) is 12.0 Å². The third-order valence-electron chi connectivity index (χ3n) is 6.36. The number of para-hydroxylation sites is 1. The molecule has 0 atom stereocenters. The van der Waals surface area contributed by atoms with Crippen LogP contribution < -0.4 is 11.2 Å². The standard InChI is InChI=1S/C28H34N4O2/c1-19(2)15-16-31-26(33)24-25(32(27(31)34)23-10-8-7-9-20(23)3)29-18-30(24)17-21-11-13-22(14-12-21)28(4,5)6/h7-14,18-19H,15-17H2,1-6H3. The van der Waals surface area contributed by atoms with Crippen molar-refractivity contribution in [3.63, 3.8) is 0 Å². The molecular weight excluding hydrogens is 424 g/mol. The van der Waals surface area contributed by atoms with Gasteiger partial charge < -0.3 is 4.57 Å². The zero-order chi connectivity index (χ0) is 24.6. The highest BCUT2D eigenvalue weighted by Crippen LogP contribution is 2.23. The smallest absolute Gasteiger partial charge is 0.320 e. The minimum atomic E-state index is -0.341. The lowest BCUT2D eigenvalue weighted by Gasteiger charge is -2.19. The molecule has 4 rings (SSSR count). The maximum absolute atomic E-state index is 13.6. The Morgan fingerprint density at radius 1 is 0.971 bits per heavy atom. The summed E-state index contributed by atoms with van der Waals surface area (Å²) in [6.07, 6.45) is 2.42. The molecule has 0 saturated carbocycles. The molecule has 0 N–H and O–H groups in total. The number of hydrogen-bond acceptors (Lipinski definition) is 3. The first kappa shape index (κ1) is 23.7. The van der Waals surface area contributed by atoms with E-state index in [1.54, 1.807) is 10.9 Å². The van der Waals surface area contributed by atoms with Gasteiger partial charge in [-0.15, -0.1) is 0 Å². The van der Waals surface area contributed by atoms with Crippen LogP contribution in [0.2, 0.25) is 0 Å². The van der Waals surface area contributed by atoms with E-state index in [0.29, 0.717) is 30.2 Å². The number of hydrogen-bond donors (Lipinski definition) is 0. The topological polar surface area (TPSA) is 61.8 Å². The Hall–Kier alpha value is -3.41. The highest BCUT2D eigenvalue weighted by atomic mass is 16.2. The maximum Gasteiger partial charge on any atom is 0.337 e. The predicted octanol–water partition coefficient (Wildman–Crippen LogP) is 5.05. The van der Waals surface area contributed by atoms with E-state index >= 15 is 0 Å². The van der Waals surface area contributed by atoms with Crippen molar-refractivity contribution in [2.45, 2.75) is 66.5 Å². The van der Waals surface area contributed by atoms with Gasteiger partial charge >= 0.3 is 5.69 Å². The lowest BCUT2D eigenvalue weighted by Crippen LogP contribution is -2.40. The molecule has 0 aliphatic heterocycles. The summed E-state index contributed by atoms with van der Waals surface area (Å²) in [5, 5.41) is 0. The second-order valence-corrected chi connectivity index (χ2v) is 10.5. The van der Waals surface area contributed by atoms with E-state index < -0.39 is 0 Å². The van der Waals surface area contributed by atoms with Crippen LogP contribution >= 0.6 is 0 Å². The van der Waals surface area contributed by atoms with Crippen LogP contribution in [0.25, 0.3) is 16.9 Å². The first-order valence-corrected chi connectivity index (χ1v) is 11.9. The molecular formula is C28H34N4O2. The third kappa shape index (κ3) is 4.49. The minimum Gasteiger partial charge on any atom is -0.320 e. The highest BCUT2D eigenvalue weighted by molar-refractivity contribution is 5.73. The number of rotatable bonds is 6. The quantitative estimate of drug-likeness (QED) is 0.406. The first-order chi connectivity index (χ1) is 16.1. The first-order valence-electron chi connectivity index (χ1n) is 11.9. The summed E-state index contributed by atoms with van der Waals surface area (Å²) in [6, 6.07) is 16.2. The van der Waals surface area contributed by atoms with Gasteiger partial charge in [0.15, 0.2) is 11.2 Å². The summed E-state index contributed by atoms with van der Waals surface area (Å²) in [4.78, 5) is 31.7. The molecule has 6 heteroatoms. The molecule has 0 unspecified atom stereocenters. The lowest BCUT2D eigenvalue weighted by atomic mass is 9.87. The Labute approximate surface area is 200 Å². The molecule has 0 radical (unpaired) electrons. The molecule has 0 saturated heterocycles. The summed E-state index contributed by atoms with van der Waals surface area (Å²) in [7, 11) is 0. The van der Waals surface area contributed by atoms with Gasteiger partial charge in [0.25, 0.3) is 5.56 Å². The average Bonchev–Trinajstić information content (AvgIpc) is 3.18. The van der Waals surface area contributed by atoms with Crippen molar-refractivity contribution in [1.82, 2.24) is 18.7 Å². The molecule has 0 amide bonds. The zero-order valence-electron chi connectivity index (χ0n) is 21.0. The van der Waals surface area contributed by atoms with Crippen LogP contribution in [-0.4, -0.2) is 18.7 Å². The molecule has 6 nitrogen and oxygen atoms in total.